The van der Waals surface area contributed by atoms with Gasteiger partial charge in [0.1, 0.15) is 5.75 Å². The Balaban J connectivity index is 1.98. The third-order valence-electron chi connectivity index (χ3n) is 3.62. The second-order valence-electron chi connectivity index (χ2n) is 6.40. The number of carbonyl (C=O) groups excluding carboxylic acids is 2. The highest BCUT2D eigenvalue weighted by molar-refractivity contribution is 6.31. The van der Waals surface area contributed by atoms with E-state index in [-0.39, 0.29) is 18.4 Å². The number of nitrogens with one attached hydrogen (secondary N) is 2. The van der Waals surface area contributed by atoms with Crippen molar-refractivity contribution in [2.24, 2.45) is 5.92 Å². The summed E-state index contributed by atoms with van der Waals surface area (Å²) in [7, 11) is 0. The van der Waals surface area contributed by atoms with Crippen molar-refractivity contribution in [2.75, 3.05) is 18.5 Å². The van der Waals surface area contributed by atoms with E-state index in [1.165, 1.54) is 0 Å². The third kappa shape index (κ3) is 5.77. The molecule has 0 aromatic heterocycles. The molecular formula is C20H23ClN2O3. The first-order chi connectivity index (χ1) is 12.4. The minimum atomic E-state index is -0.346. The molecule has 6 heteroatoms. The summed E-state index contributed by atoms with van der Waals surface area (Å²) in [5.41, 5.74) is 1.75. The molecule has 26 heavy (non-hydrogen) atoms. The third-order valence-corrected chi connectivity index (χ3v) is 4.04. The Bertz CT molecular complexity index is 790. The number of benzene rings is 2. The Hall–Kier alpha value is -2.53. The molecule has 0 saturated heterocycles. The smallest absolute Gasteiger partial charge is 0.262 e. The van der Waals surface area contributed by atoms with Crippen LogP contribution in [0.5, 0.6) is 5.75 Å². The average molecular weight is 375 g/mol. The lowest BCUT2D eigenvalue weighted by atomic mass is 10.1. The first-order valence-electron chi connectivity index (χ1n) is 8.43. The maximum absolute atomic E-state index is 12.3. The number of anilines is 1. The van der Waals surface area contributed by atoms with Crippen molar-refractivity contribution in [3.63, 3.8) is 0 Å². The van der Waals surface area contributed by atoms with Gasteiger partial charge in [0.2, 0.25) is 0 Å². The molecule has 2 aromatic carbocycles. The monoisotopic (exact) mass is 374 g/mol. The SMILES string of the molecule is Cc1cc(OCC(=O)Nc2ccccc2C(=O)NCC(C)C)ccc1Cl. The fourth-order valence-corrected chi connectivity index (χ4v) is 2.34. The molecule has 0 spiro atoms. The van der Waals surface area contributed by atoms with E-state index in [0.29, 0.717) is 34.5 Å². The van der Waals surface area contributed by atoms with E-state index in [0.717, 1.165) is 5.56 Å². The van der Waals surface area contributed by atoms with Crippen LogP contribution in [0.15, 0.2) is 42.5 Å². The molecule has 0 unspecified atom stereocenters. The number of carbonyl (C=O) groups is 2. The van der Waals surface area contributed by atoms with Crippen LogP contribution in [0.3, 0.4) is 0 Å². The van der Waals surface area contributed by atoms with Crippen molar-refractivity contribution in [2.45, 2.75) is 20.8 Å². The van der Waals surface area contributed by atoms with E-state index in [4.69, 9.17) is 16.3 Å². The van der Waals surface area contributed by atoms with Gasteiger partial charge >= 0.3 is 0 Å². The molecule has 0 aliphatic carbocycles. The normalized spacial score (nSPS) is 10.5. The number of rotatable bonds is 7. The van der Waals surface area contributed by atoms with Crippen molar-refractivity contribution in [3.8, 4) is 5.75 Å². The summed E-state index contributed by atoms with van der Waals surface area (Å²) in [4.78, 5) is 24.5. The van der Waals surface area contributed by atoms with Crippen LogP contribution in [0, 0.1) is 12.8 Å². The molecule has 2 amide bonds. The summed E-state index contributed by atoms with van der Waals surface area (Å²) in [6.45, 7) is 6.30. The number of ether oxygens (including phenoxy) is 1. The molecule has 0 fully saturated rings. The second-order valence-corrected chi connectivity index (χ2v) is 6.80. The van der Waals surface area contributed by atoms with Gasteiger partial charge in [0.15, 0.2) is 6.61 Å². The number of halogens is 1. The van der Waals surface area contributed by atoms with Crippen LogP contribution in [0.25, 0.3) is 0 Å². The molecule has 0 heterocycles. The topological polar surface area (TPSA) is 67.4 Å². The van der Waals surface area contributed by atoms with Gasteiger partial charge in [0.25, 0.3) is 11.8 Å². The van der Waals surface area contributed by atoms with Crippen LogP contribution in [-0.4, -0.2) is 25.0 Å². The predicted octanol–water partition coefficient (Wildman–Crippen LogP) is 4.05. The zero-order valence-electron chi connectivity index (χ0n) is 15.1. The lowest BCUT2D eigenvalue weighted by molar-refractivity contribution is -0.118. The molecule has 0 aliphatic heterocycles. The highest BCUT2D eigenvalue weighted by atomic mass is 35.5. The standard InChI is InChI=1S/C20H23ClN2O3/c1-13(2)11-22-20(25)16-6-4-5-7-18(16)23-19(24)12-26-15-8-9-17(21)14(3)10-15/h4-10,13H,11-12H2,1-3H3,(H,22,25)(H,23,24). The van der Waals surface area contributed by atoms with Crippen LogP contribution in [0.1, 0.15) is 29.8 Å². The first-order valence-corrected chi connectivity index (χ1v) is 8.80. The summed E-state index contributed by atoms with van der Waals surface area (Å²) in [6.07, 6.45) is 0. The van der Waals surface area contributed by atoms with E-state index < -0.39 is 0 Å². The van der Waals surface area contributed by atoms with Crippen molar-refractivity contribution in [3.05, 3.63) is 58.6 Å². The number of hydrogen-bond donors (Lipinski definition) is 2. The van der Waals surface area contributed by atoms with Gasteiger partial charge in [-0.15, -0.1) is 0 Å². The van der Waals surface area contributed by atoms with Gasteiger partial charge in [-0.25, -0.2) is 0 Å². The van der Waals surface area contributed by atoms with E-state index in [1.807, 2.05) is 20.8 Å². The fraction of sp³-hybridized carbons (Fsp3) is 0.300. The minimum Gasteiger partial charge on any atom is -0.484 e. The van der Waals surface area contributed by atoms with Crippen LogP contribution >= 0.6 is 11.6 Å². The number of amides is 2. The van der Waals surface area contributed by atoms with Crippen molar-refractivity contribution in [1.82, 2.24) is 5.32 Å². The molecule has 0 radical (unpaired) electrons. The summed E-state index contributed by atoms with van der Waals surface area (Å²) >= 11 is 5.97. The first kappa shape index (κ1) is 19.8. The highest BCUT2D eigenvalue weighted by Crippen LogP contribution is 2.21. The van der Waals surface area contributed by atoms with Crippen molar-refractivity contribution in [1.29, 1.82) is 0 Å². The molecule has 0 aliphatic rings. The van der Waals surface area contributed by atoms with Crippen LogP contribution in [0.4, 0.5) is 5.69 Å². The molecule has 0 bridgehead atoms. The second kappa shape index (κ2) is 9.25. The molecule has 5 nitrogen and oxygen atoms in total. The fourth-order valence-electron chi connectivity index (χ4n) is 2.22. The van der Waals surface area contributed by atoms with E-state index in [1.54, 1.807) is 42.5 Å². The Labute approximate surface area is 158 Å². The molecule has 0 saturated carbocycles. The van der Waals surface area contributed by atoms with Crippen molar-refractivity contribution < 1.29 is 14.3 Å². The van der Waals surface area contributed by atoms with Crippen LogP contribution in [0.2, 0.25) is 5.02 Å². The number of hydrogen-bond acceptors (Lipinski definition) is 3. The van der Waals surface area contributed by atoms with Gasteiger partial charge in [-0.3, -0.25) is 9.59 Å². The van der Waals surface area contributed by atoms with E-state index in [2.05, 4.69) is 10.6 Å². The molecular weight excluding hydrogens is 352 g/mol. The summed E-state index contributed by atoms with van der Waals surface area (Å²) in [5.74, 6) is 0.340. The predicted molar refractivity (Wildman–Crippen MR) is 104 cm³/mol. The molecule has 2 N–H and O–H groups in total. The quantitative estimate of drug-likeness (QED) is 0.768. The molecule has 0 atom stereocenters. The molecule has 138 valence electrons. The lowest BCUT2D eigenvalue weighted by Crippen LogP contribution is -2.29. The summed E-state index contributed by atoms with van der Waals surface area (Å²) in [6, 6.07) is 12.1. The Morgan fingerprint density at radius 1 is 1.15 bits per heavy atom. The van der Waals surface area contributed by atoms with Gasteiger partial charge in [0, 0.05) is 11.6 Å². The number of aryl methyl sites for hydroxylation is 1. The average Bonchev–Trinajstić information content (AvgIpc) is 2.61. The summed E-state index contributed by atoms with van der Waals surface area (Å²) in [5, 5.41) is 6.21. The van der Waals surface area contributed by atoms with E-state index >= 15 is 0 Å². The van der Waals surface area contributed by atoms with Gasteiger partial charge < -0.3 is 15.4 Å². The largest absolute Gasteiger partial charge is 0.484 e. The van der Waals surface area contributed by atoms with Gasteiger partial charge in [-0.05, 0) is 48.7 Å². The maximum atomic E-state index is 12.3. The minimum absolute atomic E-state index is 0.164. The van der Waals surface area contributed by atoms with E-state index in [9.17, 15) is 9.59 Å². The summed E-state index contributed by atoms with van der Waals surface area (Å²) < 4.78 is 5.48. The van der Waals surface area contributed by atoms with Gasteiger partial charge in [-0.1, -0.05) is 37.6 Å². The highest BCUT2D eigenvalue weighted by Gasteiger charge is 2.13. The lowest BCUT2D eigenvalue weighted by Gasteiger charge is -2.13. The zero-order chi connectivity index (χ0) is 19.1. The van der Waals surface area contributed by atoms with Crippen LogP contribution in [-0.2, 0) is 4.79 Å². The van der Waals surface area contributed by atoms with Crippen LogP contribution < -0.4 is 15.4 Å². The van der Waals surface area contributed by atoms with Gasteiger partial charge in [-0.2, -0.15) is 0 Å². The maximum Gasteiger partial charge on any atom is 0.262 e. The Morgan fingerprint density at radius 2 is 1.88 bits per heavy atom. The Morgan fingerprint density at radius 3 is 2.58 bits per heavy atom. The Kier molecular flexibility index (Phi) is 7.04. The molecule has 2 aromatic rings. The number of para-hydroxylation sites is 1. The van der Waals surface area contributed by atoms with Gasteiger partial charge in [0.05, 0.1) is 11.3 Å². The van der Waals surface area contributed by atoms with Crippen molar-refractivity contribution >= 4 is 29.1 Å². The molecule has 2 rings (SSSR count). The zero-order valence-corrected chi connectivity index (χ0v) is 15.9.